The van der Waals surface area contributed by atoms with Gasteiger partial charge in [-0.2, -0.15) is 5.26 Å². The number of benzene rings is 2. The Kier molecular flexibility index (Phi) is 6.73. The monoisotopic (exact) mass is 517 g/mol. The summed E-state index contributed by atoms with van der Waals surface area (Å²) < 4.78 is 2.14. The van der Waals surface area contributed by atoms with Gasteiger partial charge in [0.2, 0.25) is 0 Å². The van der Waals surface area contributed by atoms with E-state index in [9.17, 15) is 9.90 Å². The van der Waals surface area contributed by atoms with Crippen LogP contribution in [-0.4, -0.2) is 44.6 Å². The van der Waals surface area contributed by atoms with Crippen molar-refractivity contribution in [1.82, 2.24) is 9.47 Å². The van der Waals surface area contributed by atoms with E-state index in [1.807, 2.05) is 43.3 Å². The standard InChI is InChI=1S/C31H36ClN3O2/c1-20-29(28(36)19-34-24-12-13-25(34)18-31(37,17-24)30(2,3)4)26-14-7-21(6-5-15-33)16-27(26)35(20)23-10-8-22(32)9-11-23/h7-11,14,16,24-25,37H,5-6,12-13,17-19H2,1-4H3. The molecule has 5 nitrogen and oxygen atoms in total. The van der Waals surface area contributed by atoms with Crippen molar-refractivity contribution in [3.63, 3.8) is 0 Å². The van der Waals surface area contributed by atoms with E-state index in [0.717, 1.165) is 46.3 Å². The zero-order valence-electron chi connectivity index (χ0n) is 22.2. The maximum absolute atomic E-state index is 14.0. The van der Waals surface area contributed by atoms with E-state index in [1.54, 1.807) is 0 Å². The molecule has 2 aromatic carbocycles. The molecule has 0 spiro atoms. The number of piperidine rings is 1. The minimum Gasteiger partial charge on any atom is -0.389 e. The predicted octanol–water partition coefficient (Wildman–Crippen LogP) is 6.64. The average molecular weight is 518 g/mol. The highest BCUT2D eigenvalue weighted by atomic mass is 35.5. The second-order valence-corrected chi connectivity index (χ2v) is 12.4. The number of fused-ring (bicyclic) bond motifs is 3. The van der Waals surface area contributed by atoms with Crippen molar-refractivity contribution in [2.24, 2.45) is 5.41 Å². The number of aromatic nitrogens is 1. The number of carbonyl (C=O) groups excluding carboxylic acids is 1. The quantitative estimate of drug-likeness (QED) is 0.372. The maximum Gasteiger partial charge on any atom is 0.179 e. The molecule has 2 aliphatic rings. The van der Waals surface area contributed by atoms with Gasteiger partial charge in [-0.25, -0.2) is 0 Å². The largest absolute Gasteiger partial charge is 0.389 e. The van der Waals surface area contributed by atoms with Gasteiger partial charge >= 0.3 is 0 Å². The Bertz CT molecular complexity index is 1360. The van der Waals surface area contributed by atoms with Gasteiger partial charge in [0.1, 0.15) is 0 Å². The third kappa shape index (κ3) is 4.61. The summed E-state index contributed by atoms with van der Waals surface area (Å²) >= 11 is 6.17. The minimum absolute atomic E-state index is 0.123. The van der Waals surface area contributed by atoms with E-state index in [1.165, 1.54) is 0 Å². The van der Waals surface area contributed by atoms with E-state index in [-0.39, 0.29) is 23.3 Å². The third-order valence-corrected chi connectivity index (χ3v) is 9.05. The summed E-state index contributed by atoms with van der Waals surface area (Å²) in [6.45, 7) is 8.74. The summed E-state index contributed by atoms with van der Waals surface area (Å²) in [5, 5.41) is 22.1. The molecular weight excluding hydrogens is 482 g/mol. The smallest absolute Gasteiger partial charge is 0.179 e. The van der Waals surface area contributed by atoms with E-state index < -0.39 is 5.60 Å². The molecule has 194 valence electrons. The number of aryl methyl sites for hydroxylation is 1. The highest BCUT2D eigenvalue weighted by Gasteiger charge is 2.52. The number of hydrogen-bond acceptors (Lipinski definition) is 4. The molecule has 0 aliphatic carbocycles. The molecule has 3 aromatic rings. The first kappa shape index (κ1) is 26.0. The lowest BCUT2D eigenvalue weighted by atomic mass is 9.68. The van der Waals surface area contributed by atoms with Crippen molar-refractivity contribution >= 4 is 28.3 Å². The zero-order chi connectivity index (χ0) is 26.5. The van der Waals surface area contributed by atoms with Crippen LogP contribution in [0.5, 0.6) is 0 Å². The lowest BCUT2D eigenvalue weighted by Gasteiger charge is -2.49. The fraction of sp³-hybridized carbons (Fsp3) is 0.484. The number of nitriles is 1. The van der Waals surface area contributed by atoms with Crippen LogP contribution < -0.4 is 0 Å². The molecule has 2 unspecified atom stereocenters. The van der Waals surface area contributed by atoms with Gasteiger partial charge < -0.3 is 9.67 Å². The number of carbonyl (C=O) groups is 1. The van der Waals surface area contributed by atoms with Crippen molar-refractivity contribution in [3.8, 4) is 11.8 Å². The number of hydrogen-bond donors (Lipinski definition) is 1. The van der Waals surface area contributed by atoms with E-state index in [2.05, 4.69) is 42.4 Å². The highest BCUT2D eigenvalue weighted by Crippen LogP contribution is 2.48. The number of aliphatic hydroxyl groups is 1. The molecule has 2 saturated heterocycles. The minimum atomic E-state index is -0.696. The Labute approximate surface area is 224 Å². The molecule has 2 bridgehead atoms. The topological polar surface area (TPSA) is 69.3 Å². The predicted molar refractivity (Wildman–Crippen MR) is 148 cm³/mol. The van der Waals surface area contributed by atoms with E-state index >= 15 is 0 Å². The molecule has 2 fully saturated rings. The highest BCUT2D eigenvalue weighted by molar-refractivity contribution is 6.30. The Morgan fingerprint density at radius 2 is 1.78 bits per heavy atom. The van der Waals surface area contributed by atoms with Crippen LogP contribution in [0.25, 0.3) is 16.6 Å². The van der Waals surface area contributed by atoms with Crippen LogP contribution in [0.15, 0.2) is 42.5 Å². The second kappa shape index (κ2) is 9.58. The molecule has 2 aliphatic heterocycles. The van der Waals surface area contributed by atoms with Gasteiger partial charge in [0.05, 0.1) is 23.7 Å². The summed E-state index contributed by atoms with van der Waals surface area (Å²) in [6, 6.07) is 16.6. The van der Waals surface area contributed by atoms with E-state index in [4.69, 9.17) is 16.9 Å². The molecule has 1 N–H and O–H groups in total. The number of halogens is 1. The Morgan fingerprint density at radius 3 is 2.38 bits per heavy atom. The van der Waals surface area contributed by atoms with E-state index in [0.29, 0.717) is 37.3 Å². The van der Waals surface area contributed by atoms with Gasteiger partial charge in [-0.05, 0) is 80.3 Å². The van der Waals surface area contributed by atoms with Crippen LogP contribution in [-0.2, 0) is 6.42 Å². The van der Waals surface area contributed by atoms with Crippen LogP contribution in [0.2, 0.25) is 5.02 Å². The van der Waals surface area contributed by atoms with Crippen molar-refractivity contribution < 1.29 is 9.90 Å². The Hall–Kier alpha value is -2.65. The number of rotatable bonds is 6. The second-order valence-electron chi connectivity index (χ2n) is 12.0. The molecule has 6 heteroatoms. The van der Waals surface area contributed by atoms with Gasteiger partial charge in [0, 0.05) is 45.9 Å². The molecule has 1 aromatic heterocycles. The van der Waals surface area contributed by atoms with Crippen LogP contribution >= 0.6 is 11.6 Å². The fourth-order valence-corrected chi connectivity index (χ4v) is 6.65. The first-order valence-corrected chi connectivity index (χ1v) is 13.7. The molecule has 0 saturated carbocycles. The average Bonchev–Trinajstić information content (AvgIpc) is 3.26. The van der Waals surface area contributed by atoms with Crippen molar-refractivity contribution in [2.45, 2.75) is 83.9 Å². The maximum atomic E-state index is 14.0. The molecule has 0 radical (unpaired) electrons. The molecule has 0 amide bonds. The lowest BCUT2D eigenvalue weighted by Crippen LogP contribution is -2.57. The van der Waals surface area contributed by atoms with Gasteiger partial charge in [-0.15, -0.1) is 0 Å². The SMILES string of the molecule is Cc1c(C(=O)CN2C3CCC2CC(O)(C(C)(C)C)C3)c2ccc(CCC#N)cc2n1-c1ccc(Cl)cc1. The van der Waals surface area contributed by atoms with Gasteiger partial charge in [0.25, 0.3) is 0 Å². The molecule has 37 heavy (non-hydrogen) atoms. The summed E-state index contributed by atoms with van der Waals surface area (Å²) in [4.78, 5) is 16.4. The summed E-state index contributed by atoms with van der Waals surface area (Å²) in [6.07, 6.45) is 4.63. The molecule has 5 rings (SSSR count). The van der Waals surface area contributed by atoms with Crippen molar-refractivity contribution in [3.05, 3.63) is 64.3 Å². The lowest BCUT2D eigenvalue weighted by molar-refractivity contribution is -0.118. The van der Waals surface area contributed by atoms with Gasteiger partial charge in [-0.1, -0.05) is 44.5 Å². The van der Waals surface area contributed by atoms with Crippen molar-refractivity contribution in [2.75, 3.05) is 6.54 Å². The van der Waals surface area contributed by atoms with Crippen LogP contribution in [0, 0.1) is 23.7 Å². The number of Topliss-reactive ketones (excluding diaryl/α,β-unsaturated/α-hetero) is 1. The fourth-order valence-electron chi connectivity index (χ4n) is 6.52. The Balaban J connectivity index is 1.52. The summed E-state index contributed by atoms with van der Waals surface area (Å²) in [7, 11) is 0. The van der Waals surface area contributed by atoms with Crippen molar-refractivity contribution in [1.29, 1.82) is 5.26 Å². The zero-order valence-corrected chi connectivity index (χ0v) is 23.0. The van der Waals surface area contributed by atoms with Gasteiger partial charge in [0.15, 0.2) is 5.78 Å². The van der Waals surface area contributed by atoms with Crippen LogP contribution in [0.1, 0.15) is 74.5 Å². The summed E-state index contributed by atoms with van der Waals surface area (Å²) in [5.41, 5.74) is 3.80. The molecular formula is C31H36ClN3O2. The summed E-state index contributed by atoms with van der Waals surface area (Å²) in [5.74, 6) is 0.123. The normalized spacial score (nSPS) is 23.9. The van der Waals surface area contributed by atoms with Crippen LogP contribution in [0.3, 0.4) is 0 Å². The first-order chi connectivity index (χ1) is 17.5. The van der Waals surface area contributed by atoms with Crippen LogP contribution in [0.4, 0.5) is 0 Å². The Morgan fingerprint density at radius 1 is 1.14 bits per heavy atom. The van der Waals surface area contributed by atoms with Gasteiger partial charge in [-0.3, -0.25) is 9.69 Å². The molecule has 2 atom stereocenters. The molecule has 3 heterocycles. The third-order valence-electron chi connectivity index (χ3n) is 8.80. The number of ketones is 1. The number of nitrogens with zero attached hydrogens (tertiary/aromatic N) is 3. The first-order valence-electron chi connectivity index (χ1n) is 13.3.